The first kappa shape index (κ1) is 26.9. The second-order valence-corrected chi connectivity index (χ2v) is 8.33. The SMILES string of the molecule is C#Cc1cc(Cl)c(CNC=O)c(OC)c1.CC(C)(C)CC=O.CN1CCC(O)C1. The molecule has 1 aliphatic rings. The summed E-state index contributed by atoms with van der Waals surface area (Å²) in [6.45, 7) is 8.36. The minimum absolute atomic E-state index is 0.0509. The van der Waals surface area contributed by atoms with Crippen LogP contribution in [0.4, 0.5) is 0 Å². The number of aldehydes is 1. The Morgan fingerprint density at radius 1 is 1.41 bits per heavy atom. The molecule has 0 radical (unpaired) electrons. The summed E-state index contributed by atoms with van der Waals surface area (Å²) in [5.74, 6) is 3.05. The number of nitrogens with zero attached hydrogens (tertiary/aromatic N) is 1. The quantitative estimate of drug-likeness (QED) is 0.561. The molecule has 1 aliphatic heterocycles. The van der Waals surface area contributed by atoms with E-state index in [1.54, 1.807) is 12.1 Å². The molecule has 1 unspecified atom stereocenters. The number of hydrogen-bond donors (Lipinski definition) is 2. The van der Waals surface area contributed by atoms with Gasteiger partial charge in [-0.15, -0.1) is 6.42 Å². The first-order valence-electron chi connectivity index (χ1n) is 9.38. The molecule has 1 aromatic carbocycles. The first-order valence-corrected chi connectivity index (χ1v) is 9.76. The molecule has 2 rings (SSSR count). The number of likely N-dealkylation sites (N-methyl/N-ethyl adjacent to an activating group) is 1. The van der Waals surface area contributed by atoms with Crippen LogP contribution in [0.25, 0.3) is 0 Å². The van der Waals surface area contributed by atoms with Gasteiger partial charge in [0.05, 0.1) is 18.2 Å². The number of carbonyl (C=O) groups excluding carboxylic acids is 2. The molecule has 29 heavy (non-hydrogen) atoms. The third-order valence-corrected chi connectivity index (χ3v) is 4.30. The van der Waals surface area contributed by atoms with Crippen LogP contribution in [-0.2, 0) is 16.1 Å². The molecule has 1 fully saturated rings. The third-order valence-electron chi connectivity index (χ3n) is 3.97. The van der Waals surface area contributed by atoms with Crippen LogP contribution in [-0.4, -0.2) is 56.1 Å². The Labute approximate surface area is 179 Å². The molecule has 0 saturated carbocycles. The molecule has 7 heteroatoms. The van der Waals surface area contributed by atoms with Crippen molar-refractivity contribution in [1.82, 2.24) is 10.2 Å². The molecule has 162 valence electrons. The van der Waals surface area contributed by atoms with Gasteiger partial charge < -0.3 is 24.9 Å². The van der Waals surface area contributed by atoms with Gasteiger partial charge in [0.1, 0.15) is 12.0 Å². The van der Waals surface area contributed by atoms with E-state index in [-0.39, 0.29) is 11.5 Å². The molecule has 0 bridgehead atoms. The van der Waals surface area contributed by atoms with Crippen molar-refractivity contribution in [3.05, 3.63) is 28.3 Å². The summed E-state index contributed by atoms with van der Waals surface area (Å²) >= 11 is 6.00. The van der Waals surface area contributed by atoms with Gasteiger partial charge in [-0.05, 0) is 31.0 Å². The van der Waals surface area contributed by atoms with E-state index >= 15 is 0 Å². The number of hydrogen-bond acceptors (Lipinski definition) is 5. The minimum Gasteiger partial charge on any atom is -0.496 e. The topological polar surface area (TPSA) is 78.9 Å². The van der Waals surface area contributed by atoms with Crippen molar-refractivity contribution in [2.24, 2.45) is 5.41 Å². The molecule has 1 heterocycles. The summed E-state index contributed by atoms with van der Waals surface area (Å²) in [5.41, 5.74) is 1.54. The first-order chi connectivity index (χ1) is 13.6. The molecule has 0 aromatic heterocycles. The summed E-state index contributed by atoms with van der Waals surface area (Å²) in [4.78, 5) is 22.1. The van der Waals surface area contributed by atoms with Crippen LogP contribution in [0.5, 0.6) is 5.75 Å². The second-order valence-electron chi connectivity index (χ2n) is 7.92. The lowest BCUT2D eigenvalue weighted by molar-refractivity contribution is -0.110. The zero-order valence-corrected chi connectivity index (χ0v) is 18.8. The fourth-order valence-electron chi connectivity index (χ4n) is 2.35. The van der Waals surface area contributed by atoms with Gasteiger partial charge in [0.15, 0.2) is 0 Å². The molecular weight excluding hydrogens is 392 g/mol. The summed E-state index contributed by atoms with van der Waals surface area (Å²) < 4.78 is 5.13. The van der Waals surface area contributed by atoms with Gasteiger partial charge in [-0.25, -0.2) is 0 Å². The molecule has 1 amide bonds. The Balaban J connectivity index is 0.000000465. The number of methoxy groups -OCH3 is 1. The summed E-state index contributed by atoms with van der Waals surface area (Å²) in [6, 6.07) is 3.36. The van der Waals surface area contributed by atoms with Crippen LogP contribution in [0.15, 0.2) is 12.1 Å². The van der Waals surface area contributed by atoms with Crippen LogP contribution in [0.3, 0.4) is 0 Å². The fourth-order valence-corrected chi connectivity index (χ4v) is 2.63. The lowest BCUT2D eigenvalue weighted by Crippen LogP contribution is -2.15. The number of halogens is 1. The highest BCUT2D eigenvalue weighted by molar-refractivity contribution is 6.31. The number of likely N-dealkylation sites (tertiary alicyclic amines) is 1. The Bertz CT molecular complexity index is 673. The highest BCUT2D eigenvalue weighted by Crippen LogP contribution is 2.28. The minimum atomic E-state index is -0.0509. The van der Waals surface area contributed by atoms with Crippen LogP contribution in [0.2, 0.25) is 5.02 Å². The molecule has 1 aromatic rings. The Morgan fingerprint density at radius 2 is 2.07 bits per heavy atom. The third kappa shape index (κ3) is 12.2. The van der Waals surface area contributed by atoms with Crippen molar-refractivity contribution in [3.63, 3.8) is 0 Å². The number of β-amino-alcohol motifs (C(OH)–C–C–N with tert-alkyl or cyclic N) is 1. The number of aliphatic hydroxyl groups is 1. The number of amides is 1. The molecule has 1 saturated heterocycles. The van der Waals surface area contributed by atoms with E-state index < -0.39 is 0 Å². The fraction of sp³-hybridized carbons (Fsp3) is 0.545. The lowest BCUT2D eigenvalue weighted by Gasteiger charge is -2.11. The van der Waals surface area contributed by atoms with Gasteiger partial charge in [-0.3, -0.25) is 4.79 Å². The summed E-state index contributed by atoms with van der Waals surface area (Å²) in [7, 11) is 3.55. The lowest BCUT2D eigenvalue weighted by atomic mass is 9.93. The maximum atomic E-state index is 10.2. The molecule has 2 N–H and O–H groups in total. The predicted molar refractivity (Wildman–Crippen MR) is 117 cm³/mol. The van der Waals surface area contributed by atoms with E-state index in [9.17, 15) is 9.59 Å². The van der Waals surface area contributed by atoms with Crippen molar-refractivity contribution in [1.29, 1.82) is 0 Å². The van der Waals surface area contributed by atoms with Crippen LogP contribution in [0.1, 0.15) is 44.7 Å². The van der Waals surface area contributed by atoms with Crippen molar-refractivity contribution in [3.8, 4) is 18.1 Å². The smallest absolute Gasteiger partial charge is 0.207 e. The number of aliphatic hydroxyl groups excluding tert-OH is 1. The Morgan fingerprint density at radius 3 is 2.38 bits per heavy atom. The number of rotatable bonds is 5. The van der Waals surface area contributed by atoms with Crippen molar-refractivity contribution in [2.75, 3.05) is 27.2 Å². The normalized spacial score (nSPS) is 15.7. The van der Waals surface area contributed by atoms with Gasteiger partial charge in [0.25, 0.3) is 0 Å². The maximum Gasteiger partial charge on any atom is 0.207 e. The number of carbonyl (C=O) groups is 2. The van der Waals surface area contributed by atoms with E-state index in [0.717, 1.165) is 25.8 Å². The van der Waals surface area contributed by atoms with E-state index in [1.807, 2.05) is 27.8 Å². The van der Waals surface area contributed by atoms with E-state index in [2.05, 4.69) is 16.1 Å². The monoisotopic (exact) mass is 424 g/mol. The zero-order valence-electron chi connectivity index (χ0n) is 18.0. The number of nitrogens with one attached hydrogen (secondary N) is 1. The van der Waals surface area contributed by atoms with Crippen LogP contribution >= 0.6 is 11.6 Å². The van der Waals surface area contributed by atoms with Crippen LogP contribution < -0.4 is 10.1 Å². The molecule has 1 atom stereocenters. The molecule has 0 aliphatic carbocycles. The van der Waals surface area contributed by atoms with Crippen molar-refractivity contribution >= 4 is 24.3 Å². The Kier molecular flexibility index (Phi) is 13.0. The number of terminal acetylenes is 1. The highest BCUT2D eigenvalue weighted by Gasteiger charge is 2.15. The van der Waals surface area contributed by atoms with Gasteiger partial charge in [0, 0.05) is 37.2 Å². The van der Waals surface area contributed by atoms with Crippen LogP contribution in [0, 0.1) is 17.8 Å². The van der Waals surface area contributed by atoms with Gasteiger partial charge in [-0.1, -0.05) is 38.3 Å². The maximum absolute atomic E-state index is 10.2. The van der Waals surface area contributed by atoms with E-state index in [1.165, 1.54) is 7.11 Å². The molecule has 6 nitrogen and oxygen atoms in total. The molecular formula is C22H33ClN2O4. The predicted octanol–water partition coefficient (Wildman–Crippen LogP) is 2.88. The number of ether oxygens (including phenoxy) is 1. The summed E-state index contributed by atoms with van der Waals surface area (Å²) in [5, 5.41) is 11.9. The van der Waals surface area contributed by atoms with Gasteiger partial charge in [-0.2, -0.15) is 0 Å². The Hall–Kier alpha value is -2.07. The van der Waals surface area contributed by atoms with Crippen molar-refractivity contribution < 1.29 is 19.4 Å². The standard InChI is InChI=1S/C11H10ClNO2.C6H12O.C5H11NO/c1-3-8-4-10(12)9(6-13-7-14)11(5-8)15-2;1-6(2,3)4-5-7;1-6-3-2-5(7)4-6/h1,4-5,7H,6H2,2H3,(H,13,14);5H,4H2,1-3H3;5,7H,2-4H2,1H3. The average Bonchev–Trinajstić information content (AvgIpc) is 3.03. The van der Waals surface area contributed by atoms with E-state index in [0.29, 0.717) is 41.3 Å². The summed E-state index contributed by atoms with van der Waals surface area (Å²) in [6.07, 6.45) is 8.38. The second kappa shape index (κ2) is 14.0. The average molecular weight is 425 g/mol. The van der Waals surface area contributed by atoms with Gasteiger partial charge >= 0.3 is 0 Å². The van der Waals surface area contributed by atoms with Crippen molar-refractivity contribution in [2.45, 2.75) is 46.3 Å². The largest absolute Gasteiger partial charge is 0.496 e. The zero-order chi connectivity index (χ0) is 22.4. The number of benzene rings is 1. The van der Waals surface area contributed by atoms with Gasteiger partial charge in [0.2, 0.25) is 6.41 Å². The molecule has 0 spiro atoms. The highest BCUT2D eigenvalue weighted by atomic mass is 35.5. The van der Waals surface area contributed by atoms with E-state index in [4.69, 9.17) is 27.9 Å².